The van der Waals surface area contributed by atoms with Crippen LogP contribution in [0.25, 0.3) is 0 Å². The third-order valence-electron chi connectivity index (χ3n) is 2.98. The Morgan fingerprint density at radius 1 is 1.47 bits per heavy atom. The van der Waals surface area contributed by atoms with Crippen LogP contribution in [-0.4, -0.2) is 25.7 Å². The summed E-state index contributed by atoms with van der Waals surface area (Å²) >= 11 is 0. The van der Waals surface area contributed by atoms with Crippen LogP contribution in [0, 0.1) is 18.3 Å². The molecule has 0 bridgehead atoms. The van der Waals surface area contributed by atoms with Crippen LogP contribution in [0.1, 0.15) is 32.1 Å². The maximum Gasteiger partial charge on any atom is 0.207 e. The van der Waals surface area contributed by atoms with Gasteiger partial charge in [0.25, 0.3) is 0 Å². The third-order valence-corrected chi connectivity index (χ3v) is 2.98. The molecule has 0 aromatic heterocycles. The molecule has 0 unspecified atom stereocenters. The van der Waals surface area contributed by atoms with Crippen LogP contribution >= 0.6 is 0 Å². The monoisotopic (exact) mass is 209 g/mol. The Labute approximate surface area is 91.6 Å². The zero-order chi connectivity index (χ0) is 10.9. The van der Waals surface area contributed by atoms with E-state index in [2.05, 4.69) is 11.2 Å². The highest BCUT2D eigenvalue weighted by Gasteiger charge is 2.23. The number of carbonyl (C=O) groups excluding carboxylic acids is 1. The van der Waals surface area contributed by atoms with Crippen molar-refractivity contribution in [2.24, 2.45) is 5.92 Å². The van der Waals surface area contributed by atoms with Gasteiger partial charge in [0.2, 0.25) is 6.41 Å². The lowest BCUT2D eigenvalue weighted by Gasteiger charge is -2.29. The Morgan fingerprint density at radius 3 is 2.80 bits per heavy atom. The standard InChI is InChI=1S/C12H19NO2/c1-2-8-15-9-12(13-10-14)11-6-4-3-5-7-11/h1,10-12H,3-9H2,(H,13,14)/t12-/m1/s1. The summed E-state index contributed by atoms with van der Waals surface area (Å²) in [7, 11) is 0. The van der Waals surface area contributed by atoms with Crippen molar-refractivity contribution in [3.63, 3.8) is 0 Å². The van der Waals surface area contributed by atoms with Crippen molar-refractivity contribution in [2.75, 3.05) is 13.2 Å². The highest BCUT2D eigenvalue weighted by molar-refractivity contribution is 5.46. The molecule has 0 radical (unpaired) electrons. The van der Waals surface area contributed by atoms with E-state index in [4.69, 9.17) is 11.2 Å². The van der Waals surface area contributed by atoms with Crippen molar-refractivity contribution in [3.05, 3.63) is 0 Å². The molecule has 0 spiro atoms. The summed E-state index contributed by atoms with van der Waals surface area (Å²) in [6.07, 6.45) is 12.1. The smallest absolute Gasteiger partial charge is 0.207 e. The van der Waals surface area contributed by atoms with E-state index in [-0.39, 0.29) is 6.04 Å². The zero-order valence-electron chi connectivity index (χ0n) is 9.08. The van der Waals surface area contributed by atoms with Gasteiger partial charge in [0.15, 0.2) is 0 Å². The first kappa shape index (κ1) is 12.1. The van der Waals surface area contributed by atoms with E-state index >= 15 is 0 Å². The predicted octanol–water partition coefficient (Wildman–Crippen LogP) is 1.33. The van der Waals surface area contributed by atoms with E-state index in [1.807, 2.05) is 0 Å². The van der Waals surface area contributed by atoms with Gasteiger partial charge in [-0.15, -0.1) is 6.42 Å². The summed E-state index contributed by atoms with van der Waals surface area (Å²) in [5.41, 5.74) is 0. The number of carbonyl (C=O) groups is 1. The van der Waals surface area contributed by atoms with E-state index in [0.717, 1.165) is 6.41 Å². The first-order chi connectivity index (χ1) is 7.38. The van der Waals surface area contributed by atoms with Gasteiger partial charge in [-0.2, -0.15) is 0 Å². The van der Waals surface area contributed by atoms with Crippen molar-refractivity contribution in [1.82, 2.24) is 5.32 Å². The van der Waals surface area contributed by atoms with Gasteiger partial charge in [-0.3, -0.25) is 4.79 Å². The maximum atomic E-state index is 10.5. The highest BCUT2D eigenvalue weighted by Crippen LogP contribution is 2.26. The van der Waals surface area contributed by atoms with Crippen molar-refractivity contribution in [3.8, 4) is 12.3 Å². The minimum atomic E-state index is 0.135. The van der Waals surface area contributed by atoms with Gasteiger partial charge in [-0.1, -0.05) is 25.2 Å². The first-order valence-electron chi connectivity index (χ1n) is 5.59. The lowest BCUT2D eigenvalue weighted by atomic mass is 9.84. The maximum absolute atomic E-state index is 10.5. The molecule has 3 nitrogen and oxygen atoms in total. The Morgan fingerprint density at radius 2 is 2.20 bits per heavy atom. The van der Waals surface area contributed by atoms with Crippen molar-refractivity contribution in [2.45, 2.75) is 38.1 Å². The van der Waals surface area contributed by atoms with Gasteiger partial charge in [0, 0.05) is 0 Å². The molecule has 0 aromatic rings. The zero-order valence-corrected chi connectivity index (χ0v) is 9.08. The molecule has 1 amide bonds. The van der Waals surface area contributed by atoms with Crippen molar-refractivity contribution < 1.29 is 9.53 Å². The lowest BCUT2D eigenvalue weighted by molar-refractivity contribution is -0.111. The second kappa shape index (κ2) is 7.30. The highest BCUT2D eigenvalue weighted by atomic mass is 16.5. The average Bonchev–Trinajstić information content (AvgIpc) is 2.29. The number of terminal acetylenes is 1. The van der Waals surface area contributed by atoms with Crippen LogP contribution < -0.4 is 5.32 Å². The van der Waals surface area contributed by atoms with Crippen LogP contribution in [-0.2, 0) is 9.53 Å². The molecule has 1 saturated carbocycles. The van der Waals surface area contributed by atoms with Crippen LogP contribution in [0.3, 0.4) is 0 Å². The Balaban J connectivity index is 2.33. The van der Waals surface area contributed by atoms with Gasteiger partial charge in [0.05, 0.1) is 12.6 Å². The molecule has 1 rings (SSSR count). The van der Waals surface area contributed by atoms with Gasteiger partial charge in [-0.25, -0.2) is 0 Å². The van der Waals surface area contributed by atoms with Crippen LogP contribution in [0.5, 0.6) is 0 Å². The number of nitrogens with one attached hydrogen (secondary N) is 1. The van der Waals surface area contributed by atoms with E-state index in [1.165, 1.54) is 32.1 Å². The minimum Gasteiger partial charge on any atom is -0.367 e. The summed E-state index contributed by atoms with van der Waals surface area (Å²) < 4.78 is 5.29. The SMILES string of the molecule is C#CCOC[C@@H](NC=O)C1CCCCC1. The van der Waals surface area contributed by atoms with Gasteiger partial charge in [-0.05, 0) is 18.8 Å². The topological polar surface area (TPSA) is 38.3 Å². The van der Waals surface area contributed by atoms with E-state index in [0.29, 0.717) is 19.1 Å². The molecule has 1 aliphatic carbocycles. The molecule has 1 fully saturated rings. The number of hydrogen-bond acceptors (Lipinski definition) is 2. The molecular weight excluding hydrogens is 190 g/mol. The molecule has 0 saturated heterocycles. The normalized spacial score (nSPS) is 19.1. The van der Waals surface area contributed by atoms with E-state index < -0.39 is 0 Å². The summed E-state index contributed by atoms with van der Waals surface area (Å²) in [6, 6.07) is 0.135. The fourth-order valence-corrected chi connectivity index (χ4v) is 2.19. The second-order valence-electron chi connectivity index (χ2n) is 4.01. The fourth-order valence-electron chi connectivity index (χ4n) is 2.19. The molecule has 0 aromatic carbocycles. The number of hydrogen-bond donors (Lipinski definition) is 1. The van der Waals surface area contributed by atoms with Gasteiger partial charge in [0.1, 0.15) is 6.61 Å². The quantitative estimate of drug-likeness (QED) is 0.407. The van der Waals surface area contributed by atoms with Crippen molar-refractivity contribution in [1.29, 1.82) is 0 Å². The minimum absolute atomic E-state index is 0.135. The molecule has 0 heterocycles. The summed E-state index contributed by atoms with van der Waals surface area (Å²) in [5.74, 6) is 2.99. The van der Waals surface area contributed by atoms with Crippen LogP contribution in [0.15, 0.2) is 0 Å². The summed E-state index contributed by atoms with van der Waals surface area (Å²) in [5, 5.41) is 2.84. The number of rotatable bonds is 6. The second-order valence-corrected chi connectivity index (χ2v) is 4.01. The molecule has 1 aliphatic rings. The lowest BCUT2D eigenvalue weighted by Crippen LogP contribution is -2.40. The molecule has 15 heavy (non-hydrogen) atoms. The first-order valence-corrected chi connectivity index (χ1v) is 5.59. The van der Waals surface area contributed by atoms with E-state index in [9.17, 15) is 4.79 Å². The van der Waals surface area contributed by atoms with Gasteiger partial charge >= 0.3 is 0 Å². The van der Waals surface area contributed by atoms with E-state index in [1.54, 1.807) is 0 Å². The number of ether oxygens (including phenoxy) is 1. The Hall–Kier alpha value is -1.01. The Kier molecular flexibility index (Phi) is 5.87. The average molecular weight is 209 g/mol. The molecule has 1 atom stereocenters. The third kappa shape index (κ3) is 4.35. The van der Waals surface area contributed by atoms with Crippen LogP contribution in [0.2, 0.25) is 0 Å². The van der Waals surface area contributed by atoms with Gasteiger partial charge < -0.3 is 10.1 Å². The van der Waals surface area contributed by atoms with Crippen molar-refractivity contribution >= 4 is 6.41 Å². The molecular formula is C12H19NO2. The molecule has 0 aliphatic heterocycles. The summed E-state index contributed by atoms with van der Waals surface area (Å²) in [4.78, 5) is 10.5. The fraction of sp³-hybridized carbons (Fsp3) is 0.750. The Bertz CT molecular complexity index is 216. The largest absolute Gasteiger partial charge is 0.367 e. The summed E-state index contributed by atoms with van der Waals surface area (Å²) in [6.45, 7) is 0.858. The molecule has 3 heteroatoms. The molecule has 1 N–H and O–H groups in total. The molecule has 84 valence electrons. The predicted molar refractivity (Wildman–Crippen MR) is 59.2 cm³/mol. The van der Waals surface area contributed by atoms with Crippen LogP contribution in [0.4, 0.5) is 0 Å². The number of amides is 1.